The van der Waals surface area contributed by atoms with Crippen LogP contribution in [0.4, 0.5) is 14.5 Å². The highest BCUT2D eigenvalue weighted by Crippen LogP contribution is 2.23. The van der Waals surface area contributed by atoms with E-state index in [0.717, 1.165) is 18.2 Å². The van der Waals surface area contributed by atoms with Crippen molar-refractivity contribution in [3.05, 3.63) is 58.6 Å². The Morgan fingerprint density at radius 2 is 1.92 bits per heavy atom. The molecule has 5 nitrogen and oxygen atoms in total. The van der Waals surface area contributed by atoms with Crippen molar-refractivity contribution in [3.63, 3.8) is 0 Å². The normalized spacial score (nSPS) is 11.7. The van der Waals surface area contributed by atoms with Gasteiger partial charge in [0.2, 0.25) is 0 Å². The van der Waals surface area contributed by atoms with Crippen LogP contribution in [0, 0.1) is 11.6 Å². The van der Waals surface area contributed by atoms with E-state index >= 15 is 0 Å². The van der Waals surface area contributed by atoms with Gasteiger partial charge in [0.25, 0.3) is 5.91 Å². The zero-order valence-corrected chi connectivity index (χ0v) is 13.1. The van der Waals surface area contributed by atoms with Crippen molar-refractivity contribution >= 4 is 29.2 Å². The van der Waals surface area contributed by atoms with E-state index in [1.165, 1.54) is 19.1 Å². The summed E-state index contributed by atoms with van der Waals surface area (Å²) in [5.41, 5.74) is -0.425. The van der Waals surface area contributed by atoms with Gasteiger partial charge in [-0.3, -0.25) is 4.79 Å². The molecular weight excluding hydrogens is 344 g/mol. The number of aromatic hydroxyl groups is 1. The van der Waals surface area contributed by atoms with E-state index in [4.69, 9.17) is 16.3 Å². The molecule has 0 heterocycles. The maximum absolute atomic E-state index is 13.5. The Labute approximate surface area is 140 Å². The Bertz CT molecular complexity index is 798. The van der Waals surface area contributed by atoms with Gasteiger partial charge in [0.15, 0.2) is 6.10 Å². The highest BCUT2D eigenvalue weighted by Gasteiger charge is 2.22. The first-order valence-electron chi connectivity index (χ1n) is 6.73. The molecule has 2 aromatic carbocycles. The third kappa shape index (κ3) is 4.20. The van der Waals surface area contributed by atoms with Gasteiger partial charge >= 0.3 is 5.97 Å². The van der Waals surface area contributed by atoms with Crippen LogP contribution in [0.15, 0.2) is 36.4 Å². The minimum atomic E-state index is -1.28. The van der Waals surface area contributed by atoms with Gasteiger partial charge in [-0.2, -0.15) is 0 Å². The lowest BCUT2D eigenvalue weighted by Crippen LogP contribution is -2.30. The van der Waals surface area contributed by atoms with Crippen LogP contribution in [-0.2, 0) is 9.53 Å². The quantitative estimate of drug-likeness (QED) is 0.823. The molecule has 126 valence electrons. The highest BCUT2D eigenvalue weighted by atomic mass is 35.5. The molecule has 24 heavy (non-hydrogen) atoms. The summed E-state index contributed by atoms with van der Waals surface area (Å²) >= 11 is 5.66. The number of phenols is 1. The van der Waals surface area contributed by atoms with Crippen molar-refractivity contribution in [2.45, 2.75) is 13.0 Å². The number of esters is 1. The molecule has 1 amide bonds. The molecular formula is C16H12ClF2NO4. The number of benzene rings is 2. The molecule has 0 saturated heterocycles. The molecule has 0 unspecified atom stereocenters. The first-order valence-corrected chi connectivity index (χ1v) is 7.11. The maximum Gasteiger partial charge on any atom is 0.342 e. The Morgan fingerprint density at radius 3 is 2.54 bits per heavy atom. The van der Waals surface area contributed by atoms with E-state index in [1.807, 2.05) is 0 Å². The largest absolute Gasteiger partial charge is 0.507 e. The van der Waals surface area contributed by atoms with Gasteiger partial charge in [-0.25, -0.2) is 13.6 Å². The molecule has 2 rings (SSSR count). The van der Waals surface area contributed by atoms with Crippen LogP contribution in [0.3, 0.4) is 0 Å². The Kier molecular flexibility index (Phi) is 5.35. The third-order valence-corrected chi connectivity index (χ3v) is 3.26. The number of nitrogens with one attached hydrogen (secondary N) is 1. The van der Waals surface area contributed by atoms with Crippen LogP contribution in [0.1, 0.15) is 17.3 Å². The molecule has 0 saturated carbocycles. The summed E-state index contributed by atoms with van der Waals surface area (Å²) in [5, 5.41) is 12.0. The molecule has 0 aliphatic rings. The number of ether oxygens (including phenoxy) is 1. The number of rotatable bonds is 4. The van der Waals surface area contributed by atoms with Crippen LogP contribution < -0.4 is 5.32 Å². The molecule has 0 aliphatic carbocycles. The number of amides is 1. The molecule has 0 aliphatic heterocycles. The predicted molar refractivity (Wildman–Crippen MR) is 83.0 cm³/mol. The zero-order valence-electron chi connectivity index (χ0n) is 12.3. The number of anilines is 1. The predicted octanol–water partition coefficient (Wildman–Crippen LogP) is 3.51. The molecule has 2 N–H and O–H groups in total. The van der Waals surface area contributed by atoms with Gasteiger partial charge in [-0.1, -0.05) is 11.6 Å². The SMILES string of the molecule is C[C@H](OC(=O)c1ccc(Cl)cc1O)C(=O)Nc1ccc(F)cc1F. The lowest BCUT2D eigenvalue weighted by atomic mass is 10.2. The summed E-state index contributed by atoms with van der Waals surface area (Å²) in [7, 11) is 0. The summed E-state index contributed by atoms with van der Waals surface area (Å²) in [5.74, 6) is -3.92. The average Bonchev–Trinajstić information content (AvgIpc) is 2.49. The van der Waals surface area contributed by atoms with Crippen LogP contribution in [0.2, 0.25) is 5.02 Å². The summed E-state index contributed by atoms with van der Waals surface area (Å²) in [6.45, 7) is 1.27. The van der Waals surface area contributed by atoms with Crippen molar-refractivity contribution in [2.24, 2.45) is 0 Å². The van der Waals surface area contributed by atoms with E-state index in [0.29, 0.717) is 6.07 Å². The molecule has 8 heteroatoms. The fourth-order valence-corrected chi connectivity index (χ4v) is 1.95. The van der Waals surface area contributed by atoms with Crippen molar-refractivity contribution < 1.29 is 28.2 Å². The topological polar surface area (TPSA) is 75.6 Å². The first-order chi connectivity index (χ1) is 11.3. The van der Waals surface area contributed by atoms with E-state index < -0.39 is 35.4 Å². The van der Waals surface area contributed by atoms with Crippen molar-refractivity contribution in [1.82, 2.24) is 0 Å². The Balaban J connectivity index is 2.04. The first kappa shape index (κ1) is 17.7. The lowest BCUT2D eigenvalue weighted by Gasteiger charge is -2.14. The van der Waals surface area contributed by atoms with Gasteiger partial charge in [0.1, 0.15) is 22.9 Å². The summed E-state index contributed by atoms with van der Waals surface area (Å²) in [6, 6.07) is 6.39. The molecule has 2 aromatic rings. The number of carbonyl (C=O) groups excluding carboxylic acids is 2. The van der Waals surface area contributed by atoms with E-state index in [9.17, 15) is 23.5 Å². The van der Waals surface area contributed by atoms with Crippen molar-refractivity contribution in [2.75, 3.05) is 5.32 Å². The number of hydrogen-bond acceptors (Lipinski definition) is 4. The van der Waals surface area contributed by atoms with Gasteiger partial charge in [-0.15, -0.1) is 0 Å². The molecule has 0 radical (unpaired) electrons. The third-order valence-electron chi connectivity index (χ3n) is 3.02. The lowest BCUT2D eigenvalue weighted by molar-refractivity contribution is -0.123. The Hall–Kier alpha value is -2.67. The minimum absolute atomic E-state index is 0.174. The molecule has 0 fully saturated rings. The van der Waals surface area contributed by atoms with Gasteiger partial charge in [0.05, 0.1) is 5.69 Å². The molecule has 0 bridgehead atoms. The van der Waals surface area contributed by atoms with E-state index in [-0.39, 0.29) is 16.3 Å². The second-order valence-electron chi connectivity index (χ2n) is 4.82. The number of hydrogen-bond donors (Lipinski definition) is 2. The maximum atomic E-state index is 13.5. The number of halogens is 3. The second kappa shape index (κ2) is 7.27. The molecule has 0 spiro atoms. The average molecular weight is 356 g/mol. The van der Waals surface area contributed by atoms with Crippen LogP contribution in [0.5, 0.6) is 5.75 Å². The van der Waals surface area contributed by atoms with E-state index in [2.05, 4.69) is 5.32 Å². The van der Waals surface area contributed by atoms with Crippen LogP contribution in [0.25, 0.3) is 0 Å². The fourth-order valence-electron chi connectivity index (χ4n) is 1.78. The highest BCUT2D eigenvalue weighted by molar-refractivity contribution is 6.30. The van der Waals surface area contributed by atoms with Crippen molar-refractivity contribution in [3.8, 4) is 5.75 Å². The van der Waals surface area contributed by atoms with Gasteiger partial charge < -0.3 is 15.2 Å². The summed E-state index contributed by atoms with van der Waals surface area (Å²) < 4.78 is 31.2. The minimum Gasteiger partial charge on any atom is -0.507 e. The number of carbonyl (C=O) groups is 2. The second-order valence-corrected chi connectivity index (χ2v) is 5.26. The van der Waals surface area contributed by atoms with E-state index in [1.54, 1.807) is 0 Å². The zero-order chi connectivity index (χ0) is 17.9. The smallest absolute Gasteiger partial charge is 0.342 e. The fraction of sp³-hybridized carbons (Fsp3) is 0.125. The summed E-state index contributed by atoms with van der Waals surface area (Å²) in [6.07, 6.45) is -1.28. The van der Waals surface area contributed by atoms with Crippen molar-refractivity contribution in [1.29, 1.82) is 0 Å². The van der Waals surface area contributed by atoms with Gasteiger partial charge in [0, 0.05) is 11.1 Å². The van der Waals surface area contributed by atoms with Gasteiger partial charge in [-0.05, 0) is 37.3 Å². The summed E-state index contributed by atoms with van der Waals surface area (Å²) in [4.78, 5) is 23.8. The number of phenolic OH excluding ortho intramolecular Hbond substituents is 1. The molecule has 1 atom stereocenters. The standard InChI is InChI=1S/C16H12ClF2NO4/c1-8(15(22)20-13-5-3-10(18)7-12(13)19)24-16(23)11-4-2-9(17)6-14(11)21/h2-8,21H,1H3,(H,20,22)/t8-/m0/s1. The monoisotopic (exact) mass is 355 g/mol. The Morgan fingerprint density at radius 1 is 1.21 bits per heavy atom. The van der Waals surface area contributed by atoms with Crippen LogP contribution >= 0.6 is 11.6 Å². The van der Waals surface area contributed by atoms with Crippen LogP contribution in [-0.4, -0.2) is 23.1 Å². The molecule has 0 aromatic heterocycles.